The second-order valence-electron chi connectivity index (χ2n) is 12.1. The SMILES string of the molecule is Cc1cnc2c(NC(=O)NC3CC3)cc(C(=O)NCC(O)(c3cc4c(c(-c5ccc(F)cc5)n3)OC[C@]4(CF)C(N)=O)C(F)(F)F)cc2c1. The van der Waals surface area contributed by atoms with E-state index in [1.54, 1.807) is 19.2 Å². The molecule has 256 valence electrons. The number of pyridine rings is 2. The van der Waals surface area contributed by atoms with Gasteiger partial charge >= 0.3 is 12.2 Å². The van der Waals surface area contributed by atoms with E-state index >= 15 is 0 Å². The third kappa shape index (κ3) is 6.19. The molecule has 49 heavy (non-hydrogen) atoms. The second kappa shape index (κ2) is 12.3. The zero-order valence-electron chi connectivity index (χ0n) is 25.8. The predicted molar refractivity (Wildman–Crippen MR) is 166 cm³/mol. The molecule has 1 aliphatic heterocycles. The van der Waals surface area contributed by atoms with Crippen molar-refractivity contribution in [3.63, 3.8) is 0 Å². The van der Waals surface area contributed by atoms with Crippen LogP contribution in [0.3, 0.4) is 0 Å². The van der Waals surface area contributed by atoms with Gasteiger partial charge in [-0.1, -0.05) is 0 Å². The van der Waals surface area contributed by atoms with Crippen molar-refractivity contribution in [3.05, 3.63) is 82.9 Å². The number of aryl methyl sites for hydroxylation is 1. The molecule has 2 aliphatic rings. The molecule has 0 spiro atoms. The van der Waals surface area contributed by atoms with Gasteiger partial charge in [0.2, 0.25) is 11.5 Å². The van der Waals surface area contributed by atoms with Gasteiger partial charge in [0.05, 0.1) is 23.4 Å². The fourth-order valence-corrected chi connectivity index (χ4v) is 5.51. The lowest BCUT2D eigenvalue weighted by atomic mass is 9.81. The Morgan fingerprint density at radius 2 is 1.82 bits per heavy atom. The third-order valence-corrected chi connectivity index (χ3v) is 8.51. The summed E-state index contributed by atoms with van der Waals surface area (Å²) in [6.45, 7) is -1.87. The lowest BCUT2D eigenvalue weighted by Gasteiger charge is -2.31. The van der Waals surface area contributed by atoms with Crippen molar-refractivity contribution in [1.82, 2.24) is 20.6 Å². The molecule has 2 aromatic heterocycles. The number of benzene rings is 2. The van der Waals surface area contributed by atoms with Gasteiger partial charge in [-0.2, -0.15) is 13.2 Å². The van der Waals surface area contributed by atoms with Crippen molar-refractivity contribution < 1.29 is 46.2 Å². The van der Waals surface area contributed by atoms with Crippen molar-refractivity contribution in [2.75, 3.05) is 25.1 Å². The summed E-state index contributed by atoms with van der Waals surface area (Å²) in [5.41, 5.74) is -1.51. The average Bonchev–Trinajstić information content (AvgIpc) is 3.78. The van der Waals surface area contributed by atoms with Crippen molar-refractivity contribution in [1.29, 1.82) is 0 Å². The highest BCUT2D eigenvalue weighted by molar-refractivity contribution is 6.05. The Labute approximate surface area is 275 Å². The summed E-state index contributed by atoms with van der Waals surface area (Å²) < 4.78 is 78.2. The number of halogens is 5. The normalized spacial score (nSPS) is 18.3. The van der Waals surface area contributed by atoms with Crippen molar-refractivity contribution in [3.8, 4) is 17.0 Å². The minimum Gasteiger partial charge on any atom is -0.489 e. The van der Waals surface area contributed by atoms with Crippen LogP contribution in [0.4, 0.5) is 32.4 Å². The first-order valence-electron chi connectivity index (χ1n) is 15.0. The number of nitrogens with one attached hydrogen (secondary N) is 3. The lowest BCUT2D eigenvalue weighted by Crippen LogP contribution is -2.52. The Kier molecular flexibility index (Phi) is 8.38. The molecule has 11 nitrogen and oxygen atoms in total. The van der Waals surface area contributed by atoms with Gasteiger partial charge in [-0.25, -0.2) is 18.6 Å². The molecule has 1 aliphatic carbocycles. The monoisotopic (exact) mass is 684 g/mol. The number of hydrogen-bond acceptors (Lipinski definition) is 7. The van der Waals surface area contributed by atoms with E-state index in [4.69, 9.17) is 10.5 Å². The van der Waals surface area contributed by atoms with Crippen molar-refractivity contribution in [2.45, 2.75) is 43.0 Å². The van der Waals surface area contributed by atoms with Gasteiger partial charge in [0.15, 0.2) is 0 Å². The number of aromatic nitrogens is 2. The first-order valence-corrected chi connectivity index (χ1v) is 15.0. The molecule has 0 bridgehead atoms. The predicted octanol–water partition coefficient (Wildman–Crippen LogP) is 4.29. The molecule has 0 saturated heterocycles. The number of hydrogen-bond donors (Lipinski definition) is 5. The Hall–Kier alpha value is -5.38. The molecule has 1 unspecified atom stereocenters. The number of carbonyl (C=O) groups is 3. The summed E-state index contributed by atoms with van der Waals surface area (Å²) in [4.78, 5) is 46.7. The average molecular weight is 685 g/mol. The van der Waals surface area contributed by atoms with Crippen LogP contribution in [0.25, 0.3) is 22.2 Å². The summed E-state index contributed by atoms with van der Waals surface area (Å²) in [5, 5.41) is 19.2. The van der Waals surface area contributed by atoms with Crippen LogP contribution in [-0.4, -0.2) is 65.0 Å². The summed E-state index contributed by atoms with van der Waals surface area (Å²) >= 11 is 0. The van der Waals surface area contributed by atoms with Gasteiger partial charge in [0.25, 0.3) is 5.91 Å². The standard InChI is InChI=1S/C33H29F5N6O5/c1-16-8-18-9-19(10-23(25(18)40-12-16)43-30(47)42-21-6-7-21)28(45)41-14-32(48,33(36,37)38)24-11-22-27(49-15-31(22,13-34)29(39)46)26(44-24)17-2-4-20(35)5-3-17/h2-5,8-12,21,48H,6-7,13-15H2,1H3,(H2,39,46)(H,41,45)(H2,42,43,47)/t31-,32?/m0/s1. The van der Waals surface area contributed by atoms with Crippen molar-refractivity contribution >= 4 is 34.4 Å². The quantitative estimate of drug-likeness (QED) is 0.164. The number of nitrogens with zero attached hydrogens (tertiary/aromatic N) is 2. The molecule has 4 aromatic rings. The number of alkyl halides is 4. The van der Waals surface area contributed by atoms with Gasteiger partial charge in [0, 0.05) is 34.3 Å². The zero-order valence-corrected chi connectivity index (χ0v) is 25.8. The minimum absolute atomic E-state index is 0.00833. The number of fused-ring (bicyclic) bond motifs is 2. The lowest BCUT2D eigenvalue weighted by molar-refractivity contribution is -0.265. The van der Waals surface area contributed by atoms with Crippen LogP contribution < -0.4 is 26.4 Å². The first kappa shape index (κ1) is 33.5. The number of primary amides is 1. The molecule has 1 fully saturated rings. The van der Waals surface area contributed by atoms with Gasteiger partial charge in [0.1, 0.15) is 36.0 Å². The molecule has 6 rings (SSSR count). The number of carbonyl (C=O) groups excluding carboxylic acids is 3. The fraction of sp³-hybridized carbons (Fsp3) is 0.303. The van der Waals surface area contributed by atoms with E-state index in [-0.39, 0.29) is 34.3 Å². The number of aliphatic hydroxyl groups is 1. The molecule has 2 aromatic carbocycles. The molecule has 16 heteroatoms. The topological polar surface area (TPSA) is 169 Å². The minimum atomic E-state index is -5.50. The van der Waals surface area contributed by atoms with Gasteiger partial charge < -0.3 is 31.5 Å². The largest absolute Gasteiger partial charge is 0.489 e. The maximum Gasteiger partial charge on any atom is 0.424 e. The van der Waals surface area contributed by atoms with E-state index in [0.29, 0.717) is 22.5 Å². The molecule has 6 N–H and O–H groups in total. The summed E-state index contributed by atoms with van der Waals surface area (Å²) in [6.07, 6.45) is -2.33. The fourth-order valence-electron chi connectivity index (χ4n) is 5.51. The Bertz CT molecular complexity index is 1990. The maximum atomic E-state index is 14.8. The Morgan fingerprint density at radius 3 is 2.45 bits per heavy atom. The van der Waals surface area contributed by atoms with Crippen LogP contribution in [-0.2, 0) is 15.8 Å². The van der Waals surface area contributed by atoms with Crippen LogP contribution >= 0.6 is 0 Å². The summed E-state index contributed by atoms with van der Waals surface area (Å²) in [5.74, 6) is -3.25. The van der Waals surface area contributed by atoms with Gasteiger partial charge in [-0.15, -0.1) is 0 Å². The van der Waals surface area contributed by atoms with E-state index in [9.17, 15) is 41.4 Å². The van der Waals surface area contributed by atoms with E-state index in [0.717, 1.165) is 25.0 Å². The number of rotatable bonds is 9. The maximum absolute atomic E-state index is 14.8. The van der Waals surface area contributed by atoms with Gasteiger partial charge in [-0.3, -0.25) is 14.6 Å². The van der Waals surface area contributed by atoms with E-state index in [1.165, 1.54) is 24.3 Å². The van der Waals surface area contributed by atoms with Crippen LogP contribution in [0.2, 0.25) is 0 Å². The molecule has 3 heterocycles. The molecule has 2 atom stereocenters. The third-order valence-electron chi connectivity index (χ3n) is 8.51. The summed E-state index contributed by atoms with van der Waals surface area (Å²) in [7, 11) is 0. The van der Waals surface area contributed by atoms with E-state index in [1.807, 2.05) is 0 Å². The molecular weight excluding hydrogens is 655 g/mol. The second-order valence-corrected chi connectivity index (χ2v) is 12.1. The Morgan fingerprint density at radius 1 is 1.10 bits per heavy atom. The highest BCUT2D eigenvalue weighted by Crippen LogP contribution is 2.48. The van der Waals surface area contributed by atoms with E-state index < -0.39 is 71.9 Å². The number of urea groups is 1. The highest BCUT2D eigenvalue weighted by Gasteiger charge is 2.58. The molecule has 1 saturated carbocycles. The highest BCUT2D eigenvalue weighted by atomic mass is 19.4. The number of amides is 4. The smallest absolute Gasteiger partial charge is 0.424 e. The van der Waals surface area contributed by atoms with Gasteiger partial charge in [-0.05, 0) is 73.9 Å². The summed E-state index contributed by atoms with van der Waals surface area (Å²) in [6, 6.07) is 8.73. The first-order chi connectivity index (χ1) is 23.1. The number of nitrogens with two attached hydrogens (primary N) is 1. The number of ether oxygens (including phenoxy) is 1. The van der Waals surface area contributed by atoms with Crippen LogP contribution in [0, 0.1) is 12.7 Å². The molecular formula is C33H29F5N6O5. The van der Waals surface area contributed by atoms with Crippen LogP contribution in [0.5, 0.6) is 5.75 Å². The molecule has 0 radical (unpaired) electrons. The Balaban J connectivity index is 1.39. The molecule has 4 amide bonds. The number of anilines is 1. The van der Waals surface area contributed by atoms with Crippen molar-refractivity contribution in [2.24, 2.45) is 5.73 Å². The zero-order chi connectivity index (χ0) is 35.3. The van der Waals surface area contributed by atoms with Crippen LogP contribution in [0.1, 0.15) is 40.0 Å². The van der Waals surface area contributed by atoms with E-state index in [2.05, 4.69) is 25.9 Å². The van der Waals surface area contributed by atoms with Crippen LogP contribution in [0.15, 0.2) is 54.7 Å².